The van der Waals surface area contributed by atoms with Crippen LogP contribution in [0.25, 0.3) is 0 Å². The van der Waals surface area contributed by atoms with E-state index in [9.17, 15) is 9.59 Å². The Morgan fingerprint density at radius 2 is 1.59 bits per heavy atom. The van der Waals surface area contributed by atoms with Gasteiger partial charge in [-0.2, -0.15) is 0 Å². The SMILES string of the molecule is COc1cc([C@H]2CC(=O)N(CC(=O)Nc3c(C)cc(C)cc3C)c3ccccc3S2)cc(OC)c1OC. The molecule has 37 heavy (non-hydrogen) atoms. The molecule has 2 amide bonds. The summed E-state index contributed by atoms with van der Waals surface area (Å²) in [6.45, 7) is 5.90. The van der Waals surface area contributed by atoms with E-state index in [1.54, 1.807) is 38.0 Å². The van der Waals surface area contributed by atoms with Crippen LogP contribution in [0.2, 0.25) is 0 Å². The summed E-state index contributed by atoms with van der Waals surface area (Å²) in [7, 11) is 4.70. The Balaban J connectivity index is 1.64. The first-order valence-corrected chi connectivity index (χ1v) is 12.9. The van der Waals surface area contributed by atoms with Crippen molar-refractivity contribution in [1.82, 2.24) is 0 Å². The zero-order chi connectivity index (χ0) is 26.7. The molecular formula is C29H32N2O5S. The van der Waals surface area contributed by atoms with Gasteiger partial charge in [0.1, 0.15) is 6.54 Å². The highest BCUT2D eigenvalue weighted by atomic mass is 32.2. The van der Waals surface area contributed by atoms with Crippen molar-refractivity contribution >= 4 is 35.0 Å². The van der Waals surface area contributed by atoms with E-state index in [1.165, 1.54) is 0 Å². The normalized spacial score (nSPS) is 15.0. The van der Waals surface area contributed by atoms with Gasteiger partial charge in [0.15, 0.2) is 11.5 Å². The molecule has 3 aromatic carbocycles. The molecule has 194 valence electrons. The van der Waals surface area contributed by atoms with E-state index < -0.39 is 0 Å². The predicted molar refractivity (Wildman–Crippen MR) is 147 cm³/mol. The fraction of sp³-hybridized carbons (Fsp3) is 0.310. The molecule has 0 saturated heterocycles. The van der Waals surface area contributed by atoms with Crippen molar-refractivity contribution in [1.29, 1.82) is 0 Å². The molecule has 0 bridgehead atoms. The van der Waals surface area contributed by atoms with Crippen LogP contribution in [0.5, 0.6) is 17.2 Å². The summed E-state index contributed by atoms with van der Waals surface area (Å²) in [6, 6.07) is 15.5. The molecule has 0 saturated carbocycles. The van der Waals surface area contributed by atoms with Crippen LogP contribution in [-0.4, -0.2) is 39.7 Å². The molecule has 1 aliphatic heterocycles. The van der Waals surface area contributed by atoms with Crippen LogP contribution in [-0.2, 0) is 9.59 Å². The largest absolute Gasteiger partial charge is 0.493 e. The van der Waals surface area contributed by atoms with Gasteiger partial charge in [0.25, 0.3) is 0 Å². The summed E-state index contributed by atoms with van der Waals surface area (Å²) in [5.41, 5.74) is 5.51. The van der Waals surface area contributed by atoms with Gasteiger partial charge in [0.2, 0.25) is 17.6 Å². The maximum atomic E-state index is 13.6. The molecule has 1 heterocycles. The van der Waals surface area contributed by atoms with Crippen LogP contribution in [0.15, 0.2) is 53.4 Å². The number of amides is 2. The minimum absolute atomic E-state index is 0.0782. The van der Waals surface area contributed by atoms with Gasteiger partial charge >= 0.3 is 0 Å². The third-order valence-corrected chi connectivity index (χ3v) is 7.71. The third kappa shape index (κ3) is 5.54. The van der Waals surface area contributed by atoms with Gasteiger partial charge in [-0.15, -0.1) is 11.8 Å². The highest BCUT2D eigenvalue weighted by Gasteiger charge is 2.31. The Labute approximate surface area is 222 Å². The van der Waals surface area contributed by atoms with Crippen LogP contribution in [0.3, 0.4) is 0 Å². The number of carbonyl (C=O) groups excluding carboxylic acids is 2. The molecule has 4 rings (SSSR count). The number of hydrogen-bond donors (Lipinski definition) is 1. The average molecular weight is 521 g/mol. The second-order valence-corrected chi connectivity index (χ2v) is 10.3. The van der Waals surface area contributed by atoms with E-state index in [-0.39, 0.29) is 30.0 Å². The van der Waals surface area contributed by atoms with E-state index >= 15 is 0 Å². The Kier molecular flexibility index (Phi) is 7.97. The number of thioether (sulfide) groups is 1. The number of nitrogens with one attached hydrogen (secondary N) is 1. The topological polar surface area (TPSA) is 77.1 Å². The molecule has 7 nitrogen and oxygen atoms in total. The van der Waals surface area contributed by atoms with Crippen molar-refractivity contribution in [3.05, 3.63) is 70.8 Å². The first kappa shape index (κ1) is 26.4. The smallest absolute Gasteiger partial charge is 0.244 e. The Morgan fingerprint density at radius 1 is 0.973 bits per heavy atom. The molecule has 0 spiro atoms. The molecule has 0 radical (unpaired) electrons. The fourth-order valence-electron chi connectivity index (χ4n) is 4.72. The molecule has 1 N–H and O–H groups in total. The maximum Gasteiger partial charge on any atom is 0.244 e. The summed E-state index contributed by atoms with van der Waals surface area (Å²) in [5.74, 6) is 1.18. The molecule has 0 aromatic heterocycles. The van der Waals surface area contributed by atoms with Gasteiger partial charge < -0.3 is 24.4 Å². The van der Waals surface area contributed by atoms with Crippen LogP contribution >= 0.6 is 11.8 Å². The number of anilines is 2. The number of para-hydroxylation sites is 1. The second kappa shape index (κ2) is 11.2. The van der Waals surface area contributed by atoms with Crippen LogP contribution < -0.4 is 24.4 Å². The van der Waals surface area contributed by atoms with Gasteiger partial charge in [-0.05, 0) is 61.7 Å². The summed E-state index contributed by atoms with van der Waals surface area (Å²) < 4.78 is 16.5. The maximum absolute atomic E-state index is 13.6. The Bertz CT molecular complexity index is 1290. The number of fused-ring (bicyclic) bond motifs is 1. The molecule has 1 aliphatic rings. The fourth-order valence-corrected chi connectivity index (χ4v) is 5.98. The highest BCUT2D eigenvalue weighted by molar-refractivity contribution is 7.99. The third-order valence-electron chi connectivity index (χ3n) is 6.39. The number of ether oxygens (including phenoxy) is 3. The quantitative estimate of drug-likeness (QED) is 0.421. The van der Waals surface area contributed by atoms with E-state index in [0.717, 1.165) is 38.5 Å². The summed E-state index contributed by atoms with van der Waals surface area (Å²) in [5, 5.41) is 2.81. The minimum atomic E-state index is -0.241. The zero-order valence-corrected chi connectivity index (χ0v) is 22.8. The number of hydrogen-bond acceptors (Lipinski definition) is 6. The molecule has 0 aliphatic carbocycles. The first-order chi connectivity index (χ1) is 17.7. The predicted octanol–water partition coefficient (Wildman–Crippen LogP) is 5.85. The zero-order valence-electron chi connectivity index (χ0n) is 22.0. The van der Waals surface area contributed by atoms with Crippen molar-refractivity contribution in [3.8, 4) is 17.2 Å². The van der Waals surface area contributed by atoms with Crippen molar-refractivity contribution < 1.29 is 23.8 Å². The van der Waals surface area contributed by atoms with Gasteiger partial charge in [-0.25, -0.2) is 0 Å². The van der Waals surface area contributed by atoms with Crippen molar-refractivity contribution in [2.75, 3.05) is 38.1 Å². The van der Waals surface area contributed by atoms with E-state index in [1.807, 2.05) is 69.3 Å². The lowest BCUT2D eigenvalue weighted by Gasteiger charge is -2.23. The van der Waals surface area contributed by atoms with Crippen molar-refractivity contribution in [2.45, 2.75) is 37.3 Å². The molecule has 3 aromatic rings. The first-order valence-electron chi connectivity index (χ1n) is 12.0. The monoisotopic (exact) mass is 520 g/mol. The van der Waals surface area contributed by atoms with Crippen molar-refractivity contribution in [2.24, 2.45) is 0 Å². The van der Waals surface area contributed by atoms with Crippen LogP contribution in [0.1, 0.15) is 33.9 Å². The Morgan fingerprint density at radius 3 is 2.19 bits per heavy atom. The van der Waals surface area contributed by atoms with Crippen LogP contribution in [0.4, 0.5) is 11.4 Å². The number of nitrogens with zero attached hydrogens (tertiary/aromatic N) is 1. The Hall–Kier alpha value is -3.65. The lowest BCUT2D eigenvalue weighted by atomic mass is 10.0. The molecule has 0 fully saturated rings. The van der Waals surface area contributed by atoms with E-state index in [0.29, 0.717) is 17.2 Å². The van der Waals surface area contributed by atoms with Crippen molar-refractivity contribution in [3.63, 3.8) is 0 Å². The second-order valence-electron chi connectivity index (χ2n) is 9.04. The van der Waals surface area contributed by atoms with E-state index in [4.69, 9.17) is 14.2 Å². The van der Waals surface area contributed by atoms with Gasteiger partial charge in [0.05, 0.1) is 27.0 Å². The highest BCUT2D eigenvalue weighted by Crippen LogP contribution is 2.49. The standard InChI is InChI=1S/C29H32N2O5S/c1-17-11-18(2)28(19(3)12-17)30-26(32)16-31-21-9-7-8-10-24(21)37-25(15-27(31)33)20-13-22(34-4)29(36-6)23(14-20)35-5/h7-14,25H,15-16H2,1-6H3,(H,30,32)/t25-/m1/s1. The number of rotatable bonds is 7. The summed E-state index contributed by atoms with van der Waals surface area (Å²) in [6.07, 6.45) is 0.202. The molecule has 1 atom stereocenters. The average Bonchev–Trinajstić information content (AvgIpc) is 3.01. The number of aryl methyl sites for hydroxylation is 3. The van der Waals surface area contributed by atoms with Gasteiger partial charge in [-0.1, -0.05) is 29.8 Å². The number of methoxy groups -OCH3 is 3. The molecular weight excluding hydrogens is 488 g/mol. The van der Waals surface area contributed by atoms with Crippen LogP contribution in [0, 0.1) is 20.8 Å². The summed E-state index contributed by atoms with van der Waals surface area (Å²) >= 11 is 1.58. The minimum Gasteiger partial charge on any atom is -0.493 e. The van der Waals surface area contributed by atoms with Gasteiger partial charge in [0, 0.05) is 22.3 Å². The number of benzene rings is 3. The van der Waals surface area contributed by atoms with E-state index in [2.05, 4.69) is 5.32 Å². The number of carbonyl (C=O) groups is 2. The summed E-state index contributed by atoms with van der Waals surface area (Å²) in [4.78, 5) is 29.3. The lowest BCUT2D eigenvalue weighted by Crippen LogP contribution is -2.38. The molecule has 8 heteroatoms. The lowest BCUT2D eigenvalue weighted by molar-refractivity contribution is -0.121. The van der Waals surface area contributed by atoms with Gasteiger partial charge in [-0.3, -0.25) is 9.59 Å². The molecule has 0 unspecified atom stereocenters.